The Hall–Kier alpha value is -2.59. The van der Waals surface area contributed by atoms with Gasteiger partial charge in [0.25, 0.3) is 0 Å². The first-order chi connectivity index (χ1) is 10.4. The molecule has 0 fully saturated rings. The molecule has 11 heteroatoms. The molecular formula is C12H6F6N3O2-. The van der Waals surface area contributed by atoms with E-state index >= 15 is 0 Å². The second kappa shape index (κ2) is 5.25. The molecule has 0 unspecified atom stereocenters. The normalized spacial score (nSPS) is 12.5. The van der Waals surface area contributed by atoms with Crippen molar-refractivity contribution in [2.24, 2.45) is 0 Å². The second-order valence-electron chi connectivity index (χ2n) is 4.49. The number of carbonyl (C=O) groups excluding carboxylic acids is 1. The number of carbonyl (C=O) groups is 1. The van der Waals surface area contributed by atoms with Crippen LogP contribution in [0.25, 0.3) is 5.69 Å². The molecule has 0 saturated heterocycles. The number of carboxylic acid groups (broad SMARTS) is 1. The molecule has 2 rings (SSSR count). The highest BCUT2D eigenvalue weighted by Gasteiger charge is 2.37. The Morgan fingerprint density at radius 3 is 1.87 bits per heavy atom. The Morgan fingerprint density at radius 2 is 1.52 bits per heavy atom. The third kappa shape index (κ3) is 3.27. The smallest absolute Gasteiger partial charge is 0.416 e. The van der Waals surface area contributed by atoms with Gasteiger partial charge in [0, 0.05) is 0 Å². The van der Waals surface area contributed by atoms with Gasteiger partial charge in [-0.05, 0) is 25.1 Å². The second-order valence-corrected chi connectivity index (χ2v) is 4.49. The van der Waals surface area contributed by atoms with E-state index in [-0.39, 0.29) is 11.8 Å². The molecule has 0 atom stereocenters. The Kier molecular flexibility index (Phi) is 3.83. The minimum atomic E-state index is -5.03. The van der Waals surface area contributed by atoms with Crippen molar-refractivity contribution < 1.29 is 36.2 Å². The van der Waals surface area contributed by atoms with Crippen LogP contribution in [-0.2, 0) is 12.4 Å². The summed E-state index contributed by atoms with van der Waals surface area (Å²) in [4.78, 5) is 10.7. The minimum Gasteiger partial charge on any atom is -0.543 e. The van der Waals surface area contributed by atoms with E-state index < -0.39 is 40.8 Å². The Morgan fingerprint density at radius 1 is 1.04 bits per heavy atom. The van der Waals surface area contributed by atoms with Crippen LogP contribution in [0, 0.1) is 6.92 Å². The maximum atomic E-state index is 12.8. The van der Waals surface area contributed by atoms with Crippen molar-refractivity contribution in [3.8, 4) is 5.69 Å². The summed E-state index contributed by atoms with van der Waals surface area (Å²) in [6.45, 7) is 1.12. The molecule has 0 saturated carbocycles. The summed E-state index contributed by atoms with van der Waals surface area (Å²) in [5.41, 5.74) is -4.67. The van der Waals surface area contributed by atoms with Gasteiger partial charge >= 0.3 is 12.4 Å². The Bertz CT molecular complexity index is 731. The van der Waals surface area contributed by atoms with Gasteiger partial charge in [0.15, 0.2) is 0 Å². The molecule has 1 aromatic carbocycles. The van der Waals surface area contributed by atoms with E-state index in [0.717, 1.165) is 6.92 Å². The fraction of sp³-hybridized carbons (Fsp3) is 0.250. The fourth-order valence-corrected chi connectivity index (χ4v) is 1.82. The van der Waals surface area contributed by atoms with E-state index in [1.165, 1.54) is 0 Å². The first kappa shape index (κ1) is 16.8. The number of nitrogens with zero attached hydrogens (tertiary/aromatic N) is 3. The third-order valence-electron chi connectivity index (χ3n) is 2.90. The molecule has 0 amide bonds. The van der Waals surface area contributed by atoms with Crippen molar-refractivity contribution in [3.63, 3.8) is 0 Å². The number of hydrogen-bond acceptors (Lipinski definition) is 4. The lowest BCUT2D eigenvalue weighted by Gasteiger charge is -2.14. The lowest BCUT2D eigenvalue weighted by atomic mass is 10.1. The summed E-state index contributed by atoms with van der Waals surface area (Å²) in [5, 5.41) is 17.2. The highest BCUT2D eigenvalue weighted by molar-refractivity contribution is 5.84. The zero-order chi connectivity index (χ0) is 17.6. The van der Waals surface area contributed by atoms with Gasteiger partial charge in [0.05, 0.1) is 28.5 Å². The predicted octanol–water partition coefficient (Wildman–Crippen LogP) is 1.98. The van der Waals surface area contributed by atoms with Crippen LogP contribution in [0.4, 0.5) is 26.3 Å². The molecule has 1 aromatic heterocycles. The number of alkyl halides is 6. The molecule has 0 bridgehead atoms. The number of aromatic carboxylic acids is 1. The van der Waals surface area contributed by atoms with Crippen molar-refractivity contribution in [1.82, 2.24) is 15.0 Å². The Labute approximate surface area is 124 Å². The topological polar surface area (TPSA) is 70.8 Å². The summed E-state index contributed by atoms with van der Waals surface area (Å²) in [7, 11) is 0. The van der Waals surface area contributed by atoms with E-state index in [0.29, 0.717) is 16.8 Å². The van der Waals surface area contributed by atoms with Crippen LogP contribution < -0.4 is 5.11 Å². The van der Waals surface area contributed by atoms with Gasteiger partial charge in [0.2, 0.25) is 0 Å². The van der Waals surface area contributed by atoms with Crippen molar-refractivity contribution in [3.05, 3.63) is 40.7 Å². The average molecular weight is 338 g/mol. The first-order valence-corrected chi connectivity index (χ1v) is 5.85. The third-order valence-corrected chi connectivity index (χ3v) is 2.90. The van der Waals surface area contributed by atoms with Crippen LogP contribution in [0.5, 0.6) is 0 Å². The van der Waals surface area contributed by atoms with E-state index in [1.54, 1.807) is 0 Å². The van der Waals surface area contributed by atoms with Crippen LogP contribution in [0.2, 0.25) is 0 Å². The summed E-state index contributed by atoms with van der Waals surface area (Å²) in [6.07, 6.45) is -10.1. The van der Waals surface area contributed by atoms with E-state index in [2.05, 4.69) is 10.3 Å². The predicted molar refractivity (Wildman–Crippen MR) is 60.4 cm³/mol. The first-order valence-electron chi connectivity index (χ1n) is 5.85. The van der Waals surface area contributed by atoms with Gasteiger partial charge in [0.1, 0.15) is 5.69 Å². The van der Waals surface area contributed by atoms with E-state index in [4.69, 9.17) is 0 Å². The minimum absolute atomic E-state index is 0.0462. The van der Waals surface area contributed by atoms with Gasteiger partial charge in [-0.25, -0.2) is 4.68 Å². The van der Waals surface area contributed by atoms with E-state index in [1.807, 2.05) is 0 Å². The summed E-state index contributed by atoms with van der Waals surface area (Å²) < 4.78 is 77.2. The van der Waals surface area contributed by atoms with Crippen LogP contribution in [-0.4, -0.2) is 21.0 Å². The average Bonchev–Trinajstić information content (AvgIpc) is 2.78. The van der Waals surface area contributed by atoms with Crippen molar-refractivity contribution in [1.29, 1.82) is 0 Å². The summed E-state index contributed by atoms with van der Waals surface area (Å²) in [6, 6.07) is 0.779. The lowest BCUT2D eigenvalue weighted by molar-refractivity contribution is -0.255. The van der Waals surface area contributed by atoms with Gasteiger partial charge in [-0.1, -0.05) is 5.21 Å². The van der Waals surface area contributed by atoms with E-state index in [9.17, 15) is 36.2 Å². The number of hydrogen-bond donors (Lipinski definition) is 0. The van der Waals surface area contributed by atoms with Crippen molar-refractivity contribution in [2.45, 2.75) is 19.3 Å². The molecule has 0 aliphatic heterocycles. The molecule has 5 nitrogen and oxygen atoms in total. The van der Waals surface area contributed by atoms with Gasteiger partial charge in [-0.15, -0.1) is 5.10 Å². The SMILES string of the molecule is Cc1c(C(=O)[O-])nnn1-c1cc(C(F)(F)F)cc(C(F)(F)F)c1. The molecule has 0 aliphatic rings. The van der Waals surface area contributed by atoms with Crippen LogP contribution in [0.1, 0.15) is 27.3 Å². The molecule has 0 N–H and O–H groups in total. The number of benzene rings is 1. The molecule has 2 aromatic rings. The number of aromatic nitrogens is 3. The molecule has 0 spiro atoms. The van der Waals surface area contributed by atoms with Crippen LogP contribution >= 0.6 is 0 Å². The number of carboxylic acids is 1. The fourth-order valence-electron chi connectivity index (χ4n) is 1.82. The molecule has 1 heterocycles. The highest BCUT2D eigenvalue weighted by atomic mass is 19.4. The van der Waals surface area contributed by atoms with Gasteiger partial charge in [-0.2, -0.15) is 26.3 Å². The van der Waals surface area contributed by atoms with Gasteiger partial charge in [-0.3, -0.25) is 0 Å². The zero-order valence-corrected chi connectivity index (χ0v) is 11.2. The maximum Gasteiger partial charge on any atom is 0.416 e. The quantitative estimate of drug-likeness (QED) is 0.785. The monoisotopic (exact) mass is 338 g/mol. The zero-order valence-electron chi connectivity index (χ0n) is 11.2. The van der Waals surface area contributed by atoms with Crippen LogP contribution in [0.3, 0.4) is 0 Å². The summed E-state index contributed by atoms with van der Waals surface area (Å²) >= 11 is 0. The van der Waals surface area contributed by atoms with Gasteiger partial charge < -0.3 is 9.90 Å². The molecular weight excluding hydrogens is 332 g/mol. The standard InChI is InChI=1S/C12H7F6N3O2/c1-5-9(10(22)23)19-20-21(5)8-3-6(11(13,14)15)2-7(4-8)12(16,17)18/h2-4H,1H3,(H,22,23)/p-1. The summed E-state index contributed by atoms with van der Waals surface area (Å²) in [5.74, 6) is -1.75. The molecule has 0 radical (unpaired) electrons. The Balaban J connectivity index is 2.70. The largest absolute Gasteiger partial charge is 0.543 e. The maximum absolute atomic E-state index is 12.8. The van der Waals surface area contributed by atoms with Crippen molar-refractivity contribution in [2.75, 3.05) is 0 Å². The van der Waals surface area contributed by atoms with Crippen molar-refractivity contribution >= 4 is 5.97 Å². The lowest BCUT2D eigenvalue weighted by Crippen LogP contribution is -2.23. The molecule has 23 heavy (non-hydrogen) atoms. The number of halogens is 6. The van der Waals surface area contributed by atoms with Crippen LogP contribution in [0.15, 0.2) is 18.2 Å². The highest BCUT2D eigenvalue weighted by Crippen LogP contribution is 2.37. The number of rotatable bonds is 2. The molecule has 0 aliphatic carbocycles. The molecule has 124 valence electrons.